The summed E-state index contributed by atoms with van der Waals surface area (Å²) < 4.78 is 34.0. The molecule has 0 saturated heterocycles. The maximum atomic E-state index is 13.4. The van der Waals surface area contributed by atoms with Crippen molar-refractivity contribution in [3.8, 4) is 5.75 Å². The first-order chi connectivity index (χ1) is 13.3. The van der Waals surface area contributed by atoms with Crippen molar-refractivity contribution in [2.45, 2.75) is 42.5 Å². The van der Waals surface area contributed by atoms with Crippen molar-refractivity contribution in [2.24, 2.45) is 0 Å². The summed E-state index contributed by atoms with van der Waals surface area (Å²) in [5, 5.41) is 0.662. The Hall–Kier alpha value is -1.60. The summed E-state index contributed by atoms with van der Waals surface area (Å²) in [5.74, 6) is 0.108. The fourth-order valence-electron chi connectivity index (χ4n) is 3.58. The number of carbonyl (C=O) groups is 1. The number of carbonyl (C=O) groups excluding carboxylic acids is 1. The quantitative estimate of drug-likeness (QED) is 0.649. The fourth-order valence-corrected chi connectivity index (χ4v) is 5.56. The molecule has 1 aliphatic rings. The lowest BCUT2D eigenvalue weighted by Crippen LogP contribution is -2.55. The first-order valence-electron chi connectivity index (χ1n) is 8.95. The molecule has 0 aliphatic heterocycles. The molecule has 0 aromatic heterocycles. The third-order valence-corrected chi connectivity index (χ3v) is 6.92. The average molecular weight is 442 g/mol. The minimum absolute atomic E-state index is 0.0497. The molecule has 28 heavy (non-hydrogen) atoms. The first kappa shape index (κ1) is 21.1. The van der Waals surface area contributed by atoms with Crippen molar-refractivity contribution < 1.29 is 17.9 Å². The summed E-state index contributed by atoms with van der Waals surface area (Å²) in [4.78, 5) is 13.4. The van der Waals surface area contributed by atoms with Gasteiger partial charge < -0.3 is 4.74 Å². The predicted molar refractivity (Wildman–Crippen MR) is 110 cm³/mol. The summed E-state index contributed by atoms with van der Waals surface area (Å²) >= 11 is 12.1. The lowest BCUT2D eigenvalue weighted by molar-refractivity contribution is 0.0826. The van der Waals surface area contributed by atoms with Crippen molar-refractivity contribution in [2.75, 3.05) is 7.11 Å². The maximum Gasteiger partial charge on any atom is 0.241 e. The van der Waals surface area contributed by atoms with Crippen molar-refractivity contribution in [3.63, 3.8) is 0 Å². The van der Waals surface area contributed by atoms with Gasteiger partial charge in [-0.25, -0.2) is 8.42 Å². The standard InChI is InChI=1S/C20H21Cl2NO4S/c1-27-17-6-5-7-18(13-17)28(25,26)23-20(8-3-2-4-9-20)19(24)14-10-15(21)12-16(22)11-14/h5-7,10-13,23H,2-4,8-9H2,1H3. The Morgan fingerprint density at radius 1 is 1.04 bits per heavy atom. The van der Waals surface area contributed by atoms with Gasteiger partial charge in [-0.2, -0.15) is 4.72 Å². The molecule has 8 heteroatoms. The van der Waals surface area contributed by atoms with Gasteiger partial charge in [-0.1, -0.05) is 48.5 Å². The Balaban J connectivity index is 2.00. The molecule has 0 heterocycles. The van der Waals surface area contributed by atoms with Gasteiger partial charge in [-0.15, -0.1) is 0 Å². The number of hydrogen-bond acceptors (Lipinski definition) is 4. The van der Waals surface area contributed by atoms with Crippen LogP contribution in [0.25, 0.3) is 0 Å². The topological polar surface area (TPSA) is 72.5 Å². The first-order valence-corrected chi connectivity index (χ1v) is 11.2. The van der Waals surface area contributed by atoms with Crippen LogP contribution >= 0.6 is 23.2 Å². The minimum atomic E-state index is -3.94. The van der Waals surface area contributed by atoms with Gasteiger partial charge in [-0.3, -0.25) is 4.79 Å². The summed E-state index contributed by atoms with van der Waals surface area (Å²) in [6.45, 7) is 0. The highest BCUT2D eigenvalue weighted by Crippen LogP contribution is 2.34. The van der Waals surface area contributed by atoms with Crippen LogP contribution in [0.1, 0.15) is 42.5 Å². The SMILES string of the molecule is COc1cccc(S(=O)(=O)NC2(C(=O)c3cc(Cl)cc(Cl)c3)CCCCC2)c1. The molecule has 1 N–H and O–H groups in total. The largest absolute Gasteiger partial charge is 0.497 e. The van der Waals surface area contributed by atoms with Gasteiger partial charge in [0.05, 0.1) is 17.5 Å². The maximum absolute atomic E-state index is 13.4. The van der Waals surface area contributed by atoms with E-state index in [0.717, 1.165) is 19.3 Å². The molecular weight excluding hydrogens is 421 g/mol. The predicted octanol–water partition coefficient (Wildman–Crippen LogP) is 4.87. The molecule has 1 aliphatic carbocycles. The lowest BCUT2D eigenvalue weighted by Gasteiger charge is -2.36. The van der Waals surface area contributed by atoms with E-state index >= 15 is 0 Å². The minimum Gasteiger partial charge on any atom is -0.497 e. The van der Waals surface area contributed by atoms with Crippen LogP contribution in [0, 0.1) is 0 Å². The highest BCUT2D eigenvalue weighted by atomic mass is 35.5. The van der Waals surface area contributed by atoms with Crippen LogP contribution < -0.4 is 9.46 Å². The Labute approximate surface area is 175 Å². The number of Topliss-reactive ketones (excluding diaryl/α,β-unsaturated/α-hetero) is 1. The molecule has 2 aromatic carbocycles. The molecule has 2 aromatic rings. The molecule has 0 bridgehead atoms. The second-order valence-corrected chi connectivity index (χ2v) is 9.47. The lowest BCUT2D eigenvalue weighted by atomic mass is 9.77. The summed E-state index contributed by atoms with van der Waals surface area (Å²) in [7, 11) is -2.47. The molecule has 0 atom stereocenters. The number of nitrogens with one attached hydrogen (secondary N) is 1. The van der Waals surface area contributed by atoms with Crippen LogP contribution in [0.3, 0.4) is 0 Å². The number of rotatable bonds is 6. The average Bonchev–Trinajstić information content (AvgIpc) is 2.67. The van der Waals surface area contributed by atoms with Crippen LogP contribution in [0.4, 0.5) is 0 Å². The molecule has 0 amide bonds. The molecule has 150 valence electrons. The van der Waals surface area contributed by atoms with Gasteiger partial charge in [-0.05, 0) is 43.2 Å². The third-order valence-electron chi connectivity index (χ3n) is 4.95. The number of sulfonamides is 1. The monoisotopic (exact) mass is 441 g/mol. The Morgan fingerprint density at radius 3 is 2.29 bits per heavy atom. The van der Waals surface area contributed by atoms with E-state index in [1.165, 1.54) is 37.4 Å². The molecule has 5 nitrogen and oxygen atoms in total. The van der Waals surface area contributed by atoms with E-state index in [1.54, 1.807) is 12.1 Å². The molecule has 0 unspecified atom stereocenters. The van der Waals surface area contributed by atoms with Crippen molar-refractivity contribution >= 4 is 39.0 Å². The Bertz CT molecular complexity index is 965. The van der Waals surface area contributed by atoms with E-state index in [1.807, 2.05) is 0 Å². The van der Waals surface area contributed by atoms with Gasteiger partial charge >= 0.3 is 0 Å². The molecule has 0 spiro atoms. The van der Waals surface area contributed by atoms with Crippen molar-refractivity contribution in [1.82, 2.24) is 4.72 Å². The van der Waals surface area contributed by atoms with Crippen LogP contribution in [-0.2, 0) is 10.0 Å². The number of benzene rings is 2. The second-order valence-electron chi connectivity index (χ2n) is 6.91. The molecule has 1 saturated carbocycles. The van der Waals surface area contributed by atoms with Crippen LogP contribution in [0.2, 0.25) is 10.0 Å². The van der Waals surface area contributed by atoms with Crippen molar-refractivity contribution in [1.29, 1.82) is 0 Å². The van der Waals surface area contributed by atoms with Crippen LogP contribution in [-0.4, -0.2) is 26.8 Å². The van der Waals surface area contributed by atoms with Gasteiger partial charge in [0.25, 0.3) is 0 Å². The van der Waals surface area contributed by atoms with Gasteiger partial charge in [0.1, 0.15) is 5.75 Å². The summed E-state index contributed by atoms with van der Waals surface area (Å²) in [6, 6.07) is 10.7. The number of methoxy groups -OCH3 is 1. The number of hydrogen-bond donors (Lipinski definition) is 1. The number of ether oxygens (including phenoxy) is 1. The zero-order valence-corrected chi connectivity index (χ0v) is 17.7. The fraction of sp³-hybridized carbons (Fsp3) is 0.350. The van der Waals surface area contributed by atoms with E-state index in [2.05, 4.69) is 4.72 Å². The molecular formula is C20H21Cl2NO4S. The van der Waals surface area contributed by atoms with E-state index < -0.39 is 15.6 Å². The van der Waals surface area contributed by atoms with Gasteiger partial charge in [0, 0.05) is 21.7 Å². The third kappa shape index (κ3) is 4.51. The van der Waals surface area contributed by atoms with E-state index in [-0.39, 0.29) is 10.7 Å². The van der Waals surface area contributed by atoms with E-state index in [4.69, 9.17) is 27.9 Å². The normalized spacial score (nSPS) is 16.5. The number of halogens is 2. The van der Waals surface area contributed by atoms with Gasteiger partial charge in [0.2, 0.25) is 10.0 Å². The highest BCUT2D eigenvalue weighted by Gasteiger charge is 2.43. The Kier molecular flexibility index (Phi) is 6.34. The summed E-state index contributed by atoms with van der Waals surface area (Å²) in [6.07, 6.45) is 3.28. The van der Waals surface area contributed by atoms with Crippen LogP contribution in [0.15, 0.2) is 47.4 Å². The number of ketones is 1. The van der Waals surface area contributed by atoms with E-state index in [0.29, 0.717) is 34.2 Å². The second kappa shape index (κ2) is 8.41. The van der Waals surface area contributed by atoms with Crippen LogP contribution in [0.5, 0.6) is 5.75 Å². The summed E-state index contributed by atoms with van der Waals surface area (Å²) in [5.41, 5.74) is -0.929. The smallest absolute Gasteiger partial charge is 0.241 e. The Morgan fingerprint density at radius 2 is 1.68 bits per heavy atom. The van der Waals surface area contributed by atoms with Gasteiger partial charge in [0.15, 0.2) is 5.78 Å². The molecule has 0 radical (unpaired) electrons. The van der Waals surface area contributed by atoms with Crippen molar-refractivity contribution in [3.05, 3.63) is 58.1 Å². The molecule has 1 fully saturated rings. The zero-order chi connectivity index (χ0) is 20.4. The van der Waals surface area contributed by atoms with E-state index in [9.17, 15) is 13.2 Å². The molecule has 3 rings (SSSR count). The highest BCUT2D eigenvalue weighted by molar-refractivity contribution is 7.89. The zero-order valence-electron chi connectivity index (χ0n) is 15.4.